The van der Waals surface area contributed by atoms with E-state index in [9.17, 15) is 9.59 Å². The van der Waals surface area contributed by atoms with Crippen LogP contribution >= 0.6 is 11.6 Å². The second-order valence-corrected chi connectivity index (χ2v) is 7.04. The molecule has 0 aromatic heterocycles. The Hall–Kier alpha value is -3.31. The largest absolute Gasteiger partial charge is 0.481 e. The Labute approximate surface area is 174 Å². The minimum atomic E-state index is -0.690. The van der Waals surface area contributed by atoms with Crippen molar-refractivity contribution < 1.29 is 14.3 Å². The van der Waals surface area contributed by atoms with Crippen LogP contribution in [0.4, 0.5) is 11.4 Å². The molecule has 0 fully saturated rings. The van der Waals surface area contributed by atoms with E-state index in [0.717, 1.165) is 5.56 Å². The number of halogens is 1. The first kappa shape index (κ1) is 20.4. The lowest BCUT2D eigenvalue weighted by molar-refractivity contribution is -0.122. The number of ether oxygens (including phenoxy) is 1. The Morgan fingerprint density at radius 2 is 1.38 bits per heavy atom. The van der Waals surface area contributed by atoms with Crippen LogP contribution in [0.2, 0.25) is 5.02 Å². The summed E-state index contributed by atoms with van der Waals surface area (Å²) in [6, 6.07) is 21.0. The third-order valence-corrected chi connectivity index (χ3v) is 4.47. The number of amides is 2. The molecule has 2 N–H and O–H groups in total. The van der Waals surface area contributed by atoms with Gasteiger partial charge in [0, 0.05) is 22.0 Å². The number of aryl methyl sites for hydroxylation is 1. The van der Waals surface area contributed by atoms with Gasteiger partial charge in [0.2, 0.25) is 0 Å². The van der Waals surface area contributed by atoms with Crippen LogP contribution in [-0.2, 0) is 4.79 Å². The van der Waals surface area contributed by atoms with Gasteiger partial charge in [-0.1, -0.05) is 29.3 Å². The number of benzene rings is 3. The van der Waals surface area contributed by atoms with Crippen LogP contribution in [0.5, 0.6) is 5.75 Å². The van der Waals surface area contributed by atoms with Crippen LogP contribution < -0.4 is 15.4 Å². The van der Waals surface area contributed by atoms with Gasteiger partial charge in [-0.2, -0.15) is 0 Å². The third-order valence-electron chi connectivity index (χ3n) is 4.22. The van der Waals surface area contributed by atoms with Gasteiger partial charge in [0.15, 0.2) is 6.10 Å². The average molecular weight is 409 g/mol. The van der Waals surface area contributed by atoms with E-state index in [1.807, 2.05) is 31.2 Å². The molecular formula is C23H21ClN2O3. The van der Waals surface area contributed by atoms with Gasteiger partial charge >= 0.3 is 0 Å². The summed E-state index contributed by atoms with van der Waals surface area (Å²) < 4.78 is 5.68. The Balaban J connectivity index is 1.56. The number of anilines is 2. The highest BCUT2D eigenvalue weighted by Gasteiger charge is 2.15. The van der Waals surface area contributed by atoms with Crippen molar-refractivity contribution in [1.82, 2.24) is 0 Å². The lowest BCUT2D eigenvalue weighted by Crippen LogP contribution is -2.30. The predicted octanol–water partition coefficient (Wildman–Crippen LogP) is 5.31. The first-order valence-electron chi connectivity index (χ1n) is 9.12. The quantitative estimate of drug-likeness (QED) is 0.581. The van der Waals surface area contributed by atoms with Crippen molar-refractivity contribution in [3.63, 3.8) is 0 Å². The molecule has 3 rings (SSSR count). The second kappa shape index (κ2) is 9.26. The molecule has 0 aliphatic rings. The van der Waals surface area contributed by atoms with Crippen LogP contribution in [0, 0.1) is 6.92 Å². The highest BCUT2D eigenvalue weighted by atomic mass is 35.5. The van der Waals surface area contributed by atoms with Crippen LogP contribution in [0.3, 0.4) is 0 Å². The van der Waals surface area contributed by atoms with Crippen molar-refractivity contribution in [3.8, 4) is 5.75 Å². The second-order valence-electron chi connectivity index (χ2n) is 6.60. The zero-order valence-corrected chi connectivity index (χ0v) is 16.9. The van der Waals surface area contributed by atoms with Crippen molar-refractivity contribution in [3.05, 3.63) is 88.9 Å². The summed E-state index contributed by atoms with van der Waals surface area (Å²) in [7, 11) is 0. The maximum atomic E-state index is 12.3. The highest BCUT2D eigenvalue weighted by Crippen LogP contribution is 2.18. The molecule has 0 saturated carbocycles. The fourth-order valence-electron chi connectivity index (χ4n) is 2.56. The SMILES string of the molecule is Cc1ccc(NC(=O)[C@@H](C)Oc2ccc(C(=O)Nc3ccc(Cl)cc3)cc2)cc1. The molecule has 0 bridgehead atoms. The maximum absolute atomic E-state index is 12.3. The topological polar surface area (TPSA) is 67.4 Å². The Morgan fingerprint density at radius 3 is 2.00 bits per heavy atom. The fraction of sp³-hybridized carbons (Fsp3) is 0.130. The number of hydrogen-bond acceptors (Lipinski definition) is 3. The zero-order chi connectivity index (χ0) is 20.8. The molecule has 6 heteroatoms. The van der Waals surface area contributed by atoms with Crippen molar-refractivity contribution in [2.24, 2.45) is 0 Å². The number of carbonyl (C=O) groups is 2. The minimum Gasteiger partial charge on any atom is -0.481 e. The van der Waals surface area contributed by atoms with Crippen LogP contribution in [-0.4, -0.2) is 17.9 Å². The maximum Gasteiger partial charge on any atom is 0.265 e. The van der Waals surface area contributed by atoms with Gasteiger partial charge in [0.1, 0.15) is 5.75 Å². The van der Waals surface area contributed by atoms with E-state index in [1.54, 1.807) is 55.5 Å². The van der Waals surface area contributed by atoms with Gasteiger partial charge in [-0.25, -0.2) is 0 Å². The lowest BCUT2D eigenvalue weighted by Gasteiger charge is -2.15. The molecule has 0 heterocycles. The van der Waals surface area contributed by atoms with E-state index in [4.69, 9.17) is 16.3 Å². The first-order valence-corrected chi connectivity index (χ1v) is 9.50. The van der Waals surface area contributed by atoms with Crippen LogP contribution in [0.25, 0.3) is 0 Å². The van der Waals surface area contributed by atoms with Gasteiger partial charge in [0.05, 0.1) is 0 Å². The van der Waals surface area contributed by atoms with Crippen molar-refractivity contribution in [2.75, 3.05) is 10.6 Å². The van der Waals surface area contributed by atoms with Gasteiger partial charge < -0.3 is 15.4 Å². The molecule has 0 unspecified atom stereocenters. The van der Waals surface area contributed by atoms with E-state index in [0.29, 0.717) is 27.7 Å². The standard InChI is InChI=1S/C23H21ClN2O3/c1-15-3-9-19(10-4-15)25-22(27)16(2)29-21-13-5-17(6-14-21)23(28)26-20-11-7-18(24)8-12-20/h3-14,16H,1-2H3,(H,25,27)(H,26,28)/t16-/m1/s1. The lowest BCUT2D eigenvalue weighted by atomic mass is 10.2. The molecule has 0 aliphatic carbocycles. The van der Waals surface area contributed by atoms with E-state index in [2.05, 4.69) is 10.6 Å². The summed E-state index contributed by atoms with van der Waals surface area (Å²) >= 11 is 5.84. The Morgan fingerprint density at radius 1 is 0.828 bits per heavy atom. The molecule has 5 nitrogen and oxygen atoms in total. The first-order chi connectivity index (χ1) is 13.9. The van der Waals surface area contributed by atoms with Crippen LogP contribution in [0.1, 0.15) is 22.8 Å². The van der Waals surface area contributed by atoms with E-state index < -0.39 is 6.10 Å². The summed E-state index contributed by atoms with van der Waals surface area (Å²) in [5.41, 5.74) is 2.96. The average Bonchev–Trinajstić information content (AvgIpc) is 2.72. The summed E-state index contributed by atoms with van der Waals surface area (Å²) in [4.78, 5) is 24.6. The molecule has 3 aromatic carbocycles. The van der Waals surface area contributed by atoms with Crippen LogP contribution in [0.15, 0.2) is 72.8 Å². The van der Waals surface area contributed by atoms with E-state index >= 15 is 0 Å². The molecule has 0 saturated heterocycles. The van der Waals surface area contributed by atoms with Gasteiger partial charge in [-0.3, -0.25) is 9.59 Å². The Bertz CT molecular complexity index is 984. The number of hydrogen-bond donors (Lipinski definition) is 2. The molecule has 2 amide bonds. The predicted molar refractivity (Wildman–Crippen MR) is 116 cm³/mol. The summed E-state index contributed by atoms with van der Waals surface area (Å²) in [6.45, 7) is 3.65. The molecule has 3 aromatic rings. The molecule has 0 radical (unpaired) electrons. The molecule has 29 heavy (non-hydrogen) atoms. The normalized spacial score (nSPS) is 11.4. The number of carbonyl (C=O) groups excluding carboxylic acids is 2. The molecule has 1 atom stereocenters. The third kappa shape index (κ3) is 5.83. The Kier molecular flexibility index (Phi) is 6.52. The molecule has 148 valence electrons. The summed E-state index contributed by atoms with van der Waals surface area (Å²) in [5, 5.41) is 6.21. The van der Waals surface area contributed by atoms with Crippen molar-refractivity contribution in [2.45, 2.75) is 20.0 Å². The van der Waals surface area contributed by atoms with E-state index in [-0.39, 0.29) is 11.8 Å². The summed E-state index contributed by atoms with van der Waals surface area (Å²) in [5.74, 6) is 0.00189. The van der Waals surface area contributed by atoms with Crippen molar-refractivity contribution >= 4 is 34.8 Å². The van der Waals surface area contributed by atoms with Gasteiger partial charge in [-0.15, -0.1) is 0 Å². The molecule has 0 aliphatic heterocycles. The molecular weight excluding hydrogens is 388 g/mol. The zero-order valence-electron chi connectivity index (χ0n) is 16.1. The van der Waals surface area contributed by atoms with Gasteiger partial charge in [0.25, 0.3) is 11.8 Å². The van der Waals surface area contributed by atoms with Gasteiger partial charge in [-0.05, 0) is 74.5 Å². The highest BCUT2D eigenvalue weighted by molar-refractivity contribution is 6.30. The summed E-state index contributed by atoms with van der Waals surface area (Å²) in [6.07, 6.45) is -0.690. The molecule has 0 spiro atoms. The smallest absolute Gasteiger partial charge is 0.265 e. The van der Waals surface area contributed by atoms with E-state index in [1.165, 1.54) is 0 Å². The monoisotopic (exact) mass is 408 g/mol. The fourth-order valence-corrected chi connectivity index (χ4v) is 2.69. The number of nitrogens with one attached hydrogen (secondary N) is 2. The minimum absolute atomic E-state index is 0.246. The number of rotatable bonds is 6. The van der Waals surface area contributed by atoms with Crippen molar-refractivity contribution in [1.29, 1.82) is 0 Å².